The molecule has 2 nitrogen and oxygen atoms in total. The van der Waals surface area contributed by atoms with Crippen LogP contribution in [-0.2, 0) is 0 Å². The van der Waals surface area contributed by atoms with Crippen molar-refractivity contribution < 1.29 is 4.42 Å². The number of fused-ring (bicyclic) bond motifs is 10. The molecule has 0 aliphatic rings. The molecule has 0 fully saturated rings. The number of benzene rings is 8. The fourth-order valence-electron chi connectivity index (χ4n) is 7.38. The highest BCUT2D eigenvalue weighted by Crippen LogP contribution is 2.51. The molecule has 0 spiro atoms. The van der Waals surface area contributed by atoms with Crippen molar-refractivity contribution in [2.75, 3.05) is 4.90 Å². The highest BCUT2D eigenvalue weighted by Gasteiger charge is 2.23. The van der Waals surface area contributed by atoms with Gasteiger partial charge in [-0.15, -0.1) is 11.3 Å². The van der Waals surface area contributed by atoms with E-state index in [9.17, 15) is 0 Å². The van der Waals surface area contributed by atoms with E-state index in [1.54, 1.807) is 0 Å². The Morgan fingerprint density at radius 3 is 1.51 bits per heavy atom. The molecule has 3 heteroatoms. The van der Waals surface area contributed by atoms with Gasteiger partial charge in [0.2, 0.25) is 0 Å². The van der Waals surface area contributed by atoms with Crippen LogP contribution in [-0.4, -0.2) is 0 Å². The van der Waals surface area contributed by atoms with Crippen LogP contribution < -0.4 is 4.90 Å². The van der Waals surface area contributed by atoms with Crippen molar-refractivity contribution in [3.63, 3.8) is 0 Å². The SMILES string of the molecule is c1ccc(-c2ccc(N(c3ccc(-c4ccccc4)cc3)c3cccc4c3sc3c4c4ccccc4c4oc5ccccc5c43)cc2)cc1. The van der Waals surface area contributed by atoms with Gasteiger partial charge >= 0.3 is 0 Å². The fraction of sp³-hybridized carbons (Fsp3) is 0. The molecule has 8 aromatic carbocycles. The van der Waals surface area contributed by atoms with Crippen molar-refractivity contribution >= 4 is 81.3 Å². The van der Waals surface area contributed by atoms with E-state index in [1.165, 1.54) is 53.2 Å². The van der Waals surface area contributed by atoms with E-state index < -0.39 is 0 Å². The van der Waals surface area contributed by atoms with Crippen molar-refractivity contribution in [1.29, 1.82) is 0 Å². The molecule has 230 valence electrons. The number of hydrogen-bond donors (Lipinski definition) is 0. The van der Waals surface area contributed by atoms with Crippen LogP contribution in [0.2, 0.25) is 0 Å². The van der Waals surface area contributed by atoms with Crippen molar-refractivity contribution in [1.82, 2.24) is 0 Å². The number of nitrogens with zero attached hydrogens (tertiary/aromatic N) is 1. The Hall–Kier alpha value is -6.16. The smallest absolute Gasteiger partial charge is 0.144 e. The molecule has 10 rings (SSSR count). The quantitative estimate of drug-likeness (QED) is 0.186. The summed E-state index contributed by atoms with van der Waals surface area (Å²) in [4.78, 5) is 2.41. The topological polar surface area (TPSA) is 16.4 Å². The molecule has 0 amide bonds. The summed E-state index contributed by atoms with van der Waals surface area (Å²) in [5.74, 6) is 0. The van der Waals surface area contributed by atoms with Gasteiger partial charge in [0.15, 0.2) is 0 Å². The lowest BCUT2D eigenvalue weighted by Crippen LogP contribution is -2.10. The molecule has 2 aromatic heterocycles. The van der Waals surface area contributed by atoms with Crippen molar-refractivity contribution in [2.45, 2.75) is 0 Å². The lowest BCUT2D eigenvalue weighted by atomic mass is 9.99. The molecule has 0 aliphatic heterocycles. The third kappa shape index (κ3) is 4.47. The number of furan rings is 1. The minimum absolute atomic E-state index is 0.923. The summed E-state index contributed by atoms with van der Waals surface area (Å²) < 4.78 is 9.09. The molecule has 0 N–H and O–H groups in total. The van der Waals surface area contributed by atoms with E-state index in [4.69, 9.17) is 4.42 Å². The average Bonchev–Trinajstić information content (AvgIpc) is 3.76. The zero-order chi connectivity index (χ0) is 32.3. The van der Waals surface area contributed by atoms with Crippen LogP contribution in [0, 0.1) is 0 Å². The van der Waals surface area contributed by atoms with E-state index >= 15 is 0 Å². The second-order valence-corrected chi connectivity index (χ2v) is 13.5. The Balaban J connectivity index is 1.24. The molecule has 49 heavy (non-hydrogen) atoms. The minimum atomic E-state index is 0.923. The van der Waals surface area contributed by atoms with Gasteiger partial charge in [-0.1, -0.05) is 140 Å². The molecule has 0 bridgehead atoms. The van der Waals surface area contributed by atoms with Crippen molar-refractivity contribution in [2.24, 2.45) is 0 Å². The Kier molecular flexibility index (Phi) is 6.39. The van der Waals surface area contributed by atoms with Gasteiger partial charge in [0, 0.05) is 43.0 Å². The number of para-hydroxylation sites is 1. The molecule has 0 atom stereocenters. The van der Waals surface area contributed by atoms with Crippen molar-refractivity contribution in [3.8, 4) is 22.3 Å². The van der Waals surface area contributed by atoms with E-state index in [2.05, 4.69) is 181 Å². The fourth-order valence-corrected chi connectivity index (χ4v) is 8.75. The van der Waals surface area contributed by atoms with Gasteiger partial charge in [0.1, 0.15) is 11.2 Å². The first-order chi connectivity index (χ1) is 24.3. The summed E-state index contributed by atoms with van der Waals surface area (Å²) in [5, 5.41) is 7.27. The second-order valence-electron chi connectivity index (χ2n) is 12.5. The first-order valence-electron chi connectivity index (χ1n) is 16.6. The van der Waals surface area contributed by atoms with Gasteiger partial charge in [-0.3, -0.25) is 0 Å². The van der Waals surface area contributed by atoms with Crippen LogP contribution >= 0.6 is 11.3 Å². The van der Waals surface area contributed by atoms with E-state index in [1.807, 2.05) is 11.3 Å². The Morgan fingerprint density at radius 1 is 0.367 bits per heavy atom. The normalized spacial score (nSPS) is 11.7. The summed E-state index contributed by atoms with van der Waals surface area (Å²) in [6.45, 7) is 0. The molecule has 2 heterocycles. The minimum Gasteiger partial charge on any atom is -0.455 e. The van der Waals surface area contributed by atoms with Crippen LogP contribution in [0.15, 0.2) is 180 Å². The zero-order valence-corrected chi connectivity index (χ0v) is 27.3. The van der Waals surface area contributed by atoms with Crippen LogP contribution in [0.4, 0.5) is 17.1 Å². The number of rotatable bonds is 5. The van der Waals surface area contributed by atoms with Crippen LogP contribution in [0.1, 0.15) is 0 Å². The second kappa shape index (κ2) is 11.2. The highest BCUT2D eigenvalue weighted by atomic mass is 32.1. The monoisotopic (exact) mass is 643 g/mol. The summed E-state index contributed by atoms with van der Waals surface area (Å²) >= 11 is 1.87. The van der Waals surface area contributed by atoms with Gasteiger partial charge < -0.3 is 9.32 Å². The Bertz CT molecular complexity index is 2710. The third-order valence-electron chi connectivity index (χ3n) is 9.66. The van der Waals surface area contributed by atoms with Crippen LogP contribution in [0.25, 0.3) is 75.1 Å². The summed E-state index contributed by atoms with van der Waals surface area (Å²) in [6.07, 6.45) is 0. The summed E-state index contributed by atoms with van der Waals surface area (Å²) in [7, 11) is 0. The van der Waals surface area contributed by atoms with Crippen molar-refractivity contribution in [3.05, 3.63) is 176 Å². The molecule has 0 saturated heterocycles. The average molecular weight is 644 g/mol. The van der Waals surface area contributed by atoms with Crippen LogP contribution in [0.5, 0.6) is 0 Å². The van der Waals surface area contributed by atoms with Gasteiger partial charge in [0.25, 0.3) is 0 Å². The predicted molar refractivity (Wildman–Crippen MR) is 210 cm³/mol. The number of hydrogen-bond acceptors (Lipinski definition) is 3. The highest BCUT2D eigenvalue weighted by molar-refractivity contribution is 7.27. The van der Waals surface area contributed by atoms with Gasteiger partial charge in [-0.2, -0.15) is 0 Å². The maximum absolute atomic E-state index is 6.58. The Labute approximate surface area is 287 Å². The number of anilines is 3. The standard InChI is InChI=1S/C46H29NOS/c1-3-12-30(13-4-1)32-22-26-34(27-23-32)47(35-28-24-33(25-29-35)31-14-5-2-6-15-31)40-20-11-19-39-42-36-16-7-8-17-37(36)44-43(46(42)49-45(39)40)38-18-9-10-21-41(38)48-44/h1-29H. The molecule has 0 aliphatic carbocycles. The predicted octanol–water partition coefficient (Wildman–Crippen LogP) is 13.9. The van der Waals surface area contributed by atoms with E-state index in [0.717, 1.165) is 39.0 Å². The number of thiophene rings is 1. The molecule has 0 unspecified atom stereocenters. The molecule has 0 radical (unpaired) electrons. The molecule has 10 aromatic rings. The largest absolute Gasteiger partial charge is 0.455 e. The molecular weight excluding hydrogens is 615 g/mol. The first-order valence-corrected chi connectivity index (χ1v) is 17.4. The summed E-state index contributed by atoms with van der Waals surface area (Å²) in [5.41, 5.74) is 10.1. The van der Waals surface area contributed by atoms with E-state index in [-0.39, 0.29) is 0 Å². The first kappa shape index (κ1) is 27.9. The molecular formula is C46H29NOS. The lowest BCUT2D eigenvalue weighted by molar-refractivity contribution is 0.673. The molecule has 0 saturated carbocycles. The maximum atomic E-state index is 6.58. The summed E-state index contributed by atoms with van der Waals surface area (Å²) in [6, 6.07) is 62.9. The van der Waals surface area contributed by atoms with E-state index in [0.29, 0.717) is 0 Å². The third-order valence-corrected chi connectivity index (χ3v) is 10.9. The Morgan fingerprint density at radius 2 is 0.878 bits per heavy atom. The zero-order valence-electron chi connectivity index (χ0n) is 26.5. The lowest BCUT2D eigenvalue weighted by Gasteiger charge is -2.26. The maximum Gasteiger partial charge on any atom is 0.144 e. The van der Waals surface area contributed by atoms with Gasteiger partial charge in [-0.05, 0) is 64.0 Å². The van der Waals surface area contributed by atoms with Gasteiger partial charge in [0.05, 0.1) is 10.4 Å². The van der Waals surface area contributed by atoms with Crippen LogP contribution in [0.3, 0.4) is 0 Å². The van der Waals surface area contributed by atoms with Gasteiger partial charge in [-0.25, -0.2) is 0 Å².